The molecule has 3 rings (SSSR count). The van der Waals surface area contributed by atoms with Gasteiger partial charge in [0.2, 0.25) is 10.0 Å². The largest absolute Gasteiger partial charge is 0.369 e. The molecular weight excluding hydrogens is 413 g/mol. The van der Waals surface area contributed by atoms with E-state index in [1.54, 1.807) is 12.1 Å². The van der Waals surface area contributed by atoms with Crippen molar-refractivity contribution in [3.05, 3.63) is 62.6 Å². The first-order valence-corrected chi connectivity index (χ1v) is 10.4. The third-order valence-electron chi connectivity index (χ3n) is 4.49. The summed E-state index contributed by atoms with van der Waals surface area (Å²) in [5.74, 6) is 0. The van der Waals surface area contributed by atoms with Gasteiger partial charge in [0.15, 0.2) is 0 Å². The second kappa shape index (κ2) is 7.63. The lowest BCUT2D eigenvalue weighted by molar-refractivity contribution is -0.384. The zero-order valence-corrected chi connectivity index (χ0v) is 16.7. The Labute approximate surface area is 167 Å². The lowest BCUT2D eigenvalue weighted by atomic mass is 10.2. The highest BCUT2D eigenvalue weighted by Crippen LogP contribution is 2.29. The van der Waals surface area contributed by atoms with Crippen molar-refractivity contribution in [2.75, 3.05) is 24.5 Å². The van der Waals surface area contributed by atoms with Crippen molar-refractivity contribution in [3.63, 3.8) is 0 Å². The van der Waals surface area contributed by atoms with Crippen molar-refractivity contribution >= 4 is 44.6 Å². The second-order valence-electron chi connectivity index (χ2n) is 6.26. The molecule has 0 bridgehead atoms. The van der Waals surface area contributed by atoms with Crippen molar-refractivity contribution in [2.45, 2.75) is 17.9 Å². The maximum Gasteiger partial charge on any atom is 0.269 e. The van der Waals surface area contributed by atoms with Crippen LogP contribution in [0.4, 0.5) is 11.4 Å². The number of nitro groups is 1. The maximum absolute atomic E-state index is 13.0. The molecule has 2 aromatic rings. The Morgan fingerprint density at radius 3 is 2.30 bits per heavy atom. The summed E-state index contributed by atoms with van der Waals surface area (Å²) in [4.78, 5) is 12.4. The number of hydrogen-bond donors (Lipinski definition) is 0. The Morgan fingerprint density at radius 2 is 1.74 bits per heavy atom. The third-order valence-corrected chi connectivity index (χ3v) is 7.24. The smallest absolute Gasteiger partial charge is 0.269 e. The summed E-state index contributed by atoms with van der Waals surface area (Å²) < 4.78 is 27.3. The van der Waals surface area contributed by atoms with Crippen LogP contribution in [0.2, 0.25) is 10.0 Å². The summed E-state index contributed by atoms with van der Waals surface area (Å²) in [6, 6.07) is 10.2. The molecular formula is C17H17Cl2N3O4S. The van der Waals surface area contributed by atoms with E-state index < -0.39 is 14.9 Å². The van der Waals surface area contributed by atoms with E-state index in [1.807, 2.05) is 11.8 Å². The average Bonchev–Trinajstić information content (AvgIpc) is 2.63. The second-order valence-corrected chi connectivity index (χ2v) is 8.97. The monoisotopic (exact) mass is 429 g/mol. The molecule has 1 fully saturated rings. The molecule has 0 aromatic heterocycles. The molecule has 0 aliphatic carbocycles. The van der Waals surface area contributed by atoms with Crippen LogP contribution < -0.4 is 4.90 Å². The highest BCUT2D eigenvalue weighted by Gasteiger charge is 2.34. The molecule has 2 aromatic carbocycles. The summed E-state index contributed by atoms with van der Waals surface area (Å²) in [6.45, 7) is 3.06. The van der Waals surface area contributed by atoms with Gasteiger partial charge in [0.05, 0.1) is 19.9 Å². The van der Waals surface area contributed by atoms with Gasteiger partial charge in [-0.05, 0) is 37.3 Å². The predicted octanol–water partition coefficient (Wildman–Crippen LogP) is 3.80. The molecule has 1 aliphatic heterocycles. The summed E-state index contributed by atoms with van der Waals surface area (Å²) in [5, 5.41) is 11.3. The van der Waals surface area contributed by atoms with Gasteiger partial charge in [-0.1, -0.05) is 23.2 Å². The number of nitro benzene ring substituents is 1. The molecule has 0 radical (unpaired) electrons. The van der Waals surface area contributed by atoms with Crippen LogP contribution in [-0.2, 0) is 10.0 Å². The molecule has 0 spiro atoms. The van der Waals surface area contributed by atoms with Gasteiger partial charge in [0, 0.05) is 43.5 Å². The van der Waals surface area contributed by atoms with Gasteiger partial charge in [-0.15, -0.1) is 0 Å². The first-order chi connectivity index (χ1) is 12.7. The van der Waals surface area contributed by atoms with E-state index in [0.29, 0.717) is 24.7 Å². The average molecular weight is 430 g/mol. The molecule has 1 aliphatic rings. The fraction of sp³-hybridized carbons (Fsp3) is 0.294. The van der Waals surface area contributed by atoms with Gasteiger partial charge in [-0.25, -0.2) is 8.42 Å². The lowest BCUT2D eigenvalue weighted by Crippen LogP contribution is -2.54. The van der Waals surface area contributed by atoms with E-state index in [4.69, 9.17) is 23.2 Å². The zero-order valence-electron chi connectivity index (χ0n) is 14.4. The summed E-state index contributed by atoms with van der Waals surface area (Å²) in [6.07, 6.45) is 0. The van der Waals surface area contributed by atoms with Crippen LogP contribution in [-0.4, -0.2) is 43.3 Å². The maximum atomic E-state index is 13.0. The highest BCUT2D eigenvalue weighted by molar-refractivity contribution is 7.89. The molecule has 27 heavy (non-hydrogen) atoms. The van der Waals surface area contributed by atoms with Gasteiger partial charge in [-0.2, -0.15) is 4.31 Å². The molecule has 0 saturated carbocycles. The lowest BCUT2D eigenvalue weighted by Gasteiger charge is -2.40. The van der Waals surface area contributed by atoms with Crippen LogP contribution in [0.15, 0.2) is 47.4 Å². The minimum Gasteiger partial charge on any atom is -0.369 e. The molecule has 1 atom stereocenters. The molecule has 0 N–H and O–H groups in total. The van der Waals surface area contributed by atoms with Crippen LogP contribution in [0, 0.1) is 10.1 Å². The Morgan fingerprint density at radius 1 is 1.07 bits per heavy atom. The van der Waals surface area contributed by atoms with Crippen molar-refractivity contribution in [1.82, 2.24) is 4.31 Å². The predicted molar refractivity (Wildman–Crippen MR) is 105 cm³/mol. The standard InChI is InChI=1S/C17H17Cl2N3O4S/c1-12-11-20(13-2-4-14(5-3-13)22(23)24)8-9-21(12)27(25,26)15-6-7-16(18)17(19)10-15/h2-7,10,12H,8-9,11H2,1H3/t12-/m0/s1. The van der Waals surface area contributed by atoms with E-state index >= 15 is 0 Å². The van der Waals surface area contributed by atoms with Crippen molar-refractivity contribution in [3.8, 4) is 0 Å². The number of halogens is 2. The first kappa shape index (κ1) is 19.9. The van der Waals surface area contributed by atoms with Crippen molar-refractivity contribution in [1.29, 1.82) is 0 Å². The zero-order chi connectivity index (χ0) is 19.8. The number of non-ortho nitro benzene ring substituents is 1. The van der Waals surface area contributed by atoms with Crippen LogP contribution in [0.1, 0.15) is 6.92 Å². The number of hydrogen-bond acceptors (Lipinski definition) is 5. The van der Waals surface area contributed by atoms with Crippen LogP contribution in [0.5, 0.6) is 0 Å². The number of rotatable bonds is 4. The molecule has 0 unspecified atom stereocenters. The van der Waals surface area contributed by atoms with Crippen LogP contribution in [0.3, 0.4) is 0 Å². The van der Waals surface area contributed by atoms with E-state index in [2.05, 4.69) is 0 Å². The fourth-order valence-electron chi connectivity index (χ4n) is 3.09. The summed E-state index contributed by atoms with van der Waals surface area (Å²) >= 11 is 11.8. The number of nitrogens with zero attached hydrogens (tertiary/aromatic N) is 3. The van der Waals surface area contributed by atoms with E-state index in [0.717, 1.165) is 5.69 Å². The van der Waals surface area contributed by atoms with E-state index in [1.165, 1.54) is 34.6 Å². The Kier molecular flexibility index (Phi) is 5.62. The number of anilines is 1. The molecule has 1 heterocycles. The molecule has 144 valence electrons. The van der Waals surface area contributed by atoms with E-state index in [9.17, 15) is 18.5 Å². The minimum atomic E-state index is -3.70. The van der Waals surface area contributed by atoms with Crippen molar-refractivity contribution in [2.24, 2.45) is 0 Å². The molecule has 1 saturated heterocycles. The molecule has 0 amide bonds. The van der Waals surface area contributed by atoms with Gasteiger partial charge in [0.25, 0.3) is 5.69 Å². The first-order valence-electron chi connectivity index (χ1n) is 8.16. The SMILES string of the molecule is C[C@H]1CN(c2ccc([N+](=O)[O-])cc2)CCN1S(=O)(=O)c1ccc(Cl)c(Cl)c1. The minimum absolute atomic E-state index is 0.0210. The van der Waals surface area contributed by atoms with Crippen molar-refractivity contribution < 1.29 is 13.3 Å². The summed E-state index contributed by atoms with van der Waals surface area (Å²) in [5.41, 5.74) is 0.840. The topological polar surface area (TPSA) is 83.8 Å². The van der Waals surface area contributed by atoms with Gasteiger partial charge >= 0.3 is 0 Å². The fourth-order valence-corrected chi connectivity index (χ4v) is 5.09. The Balaban J connectivity index is 1.78. The number of piperazine rings is 1. The van der Waals surface area contributed by atoms with Gasteiger partial charge in [0.1, 0.15) is 0 Å². The van der Waals surface area contributed by atoms with Crippen LogP contribution >= 0.6 is 23.2 Å². The Bertz CT molecular complexity index is 967. The van der Waals surface area contributed by atoms with Crippen LogP contribution in [0.25, 0.3) is 0 Å². The molecule has 7 nitrogen and oxygen atoms in total. The normalized spacial score (nSPS) is 18.5. The highest BCUT2D eigenvalue weighted by atomic mass is 35.5. The molecule has 10 heteroatoms. The summed E-state index contributed by atoms with van der Waals surface area (Å²) in [7, 11) is -3.70. The number of benzene rings is 2. The Hall–Kier alpha value is -1.87. The quantitative estimate of drug-likeness (QED) is 0.544. The van der Waals surface area contributed by atoms with Gasteiger partial charge in [-0.3, -0.25) is 10.1 Å². The number of sulfonamides is 1. The van der Waals surface area contributed by atoms with E-state index in [-0.39, 0.29) is 21.6 Å². The van der Waals surface area contributed by atoms with Gasteiger partial charge < -0.3 is 4.90 Å². The third kappa shape index (κ3) is 4.03.